The van der Waals surface area contributed by atoms with Gasteiger partial charge in [-0.3, -0.25) is 0 Å². The topological polar surface area (TPSA) is 77.0 Å². The number of hydrogen-bond acceptors (Lipinski definition) is 4. The second-order valence-electron chi connectivity index (χ2n) is 6.67. The number of nitrogen functional groups attached to an aromatic ring is 1. The van der Waals surface area contributed by atoms with Gasteiger partial charge in [-0.1, -0.05) is 38.0 Å². The summed E-state index contributed by atoms with van der Waals surface area (Å²) in [6, 6.07) is 7.86. The van der Waals surface area contributed by atoms with Gasteiger partial charge in [0.15, 0.2) is 5.82 Å². The molecular weight excluding hydrogens is 324 g/mol. The van der Waals surface area contributed by atoms with Crippen LogP contribution in [0.25, 0.3) is 21.9 Å². The second-order valence-corrected chi connectivity index (χ2v) is 6.67. The summed E-state index contributed by atoms with van der Waals surface area (Å²) >= 11 is 0. The van der Waals surface area contributed by atoms with E-state index in [0.717, 1.165) is 35.7 Å². The van der Waals surface area contributed by atoms with Crippen molar-refractivity contribution in [2.24, 2.45) is 0 Å². The summed E-state index contributed by atoms with van der Waals surface area (Å²) in [4.78, 5) is 8.92. The van der Waals surface area contributed by atoms with E-state index in [1.54, 1.807) is 6.33 Å². The van der Waals surface area contributed by atoms with Gasteiger partial charge in [0.1, 0.15) is 5.52 Å². The Kier molecular flexibility index (Phi) is 5.35. The van der Waals surface area contributed by atoms with Gasteiger partial charge < -0.3 is 15.4 Å². The number of nitrogens with zero attached hydrogens (tertiary/aromatic N) is 3. The minimum Gasteiger partial charge on any atom is -0.388 e. The Bertz CT molecular complexity index is 838. The van der Waals surface area contributed by atoms with E-state index in [2.05, 4.69) is 21.5 Å². The molecule has 3 rings (SSSR count). The summed E-state index contributed by atoms with van der Waals surface area (Å²) in [5.41, 5.74) is 7.76. The maximum atomic E-state index is 10.7. The lowest BCUT2D eigenvalue weighted by atomic mass is 9.93. The highest BCUT2D eigenvalue weighted by Gasteiger charge is 2.30. The van der Waals surface area contributed by atoms with Crippen LogP contribution in [0.3, 0.4) is 0 Å². The molecule has 2 aromatic heterocycles. The molecule has 0 amide bonds. The van der Waals surface area contributed by atoms with Crippen molar-refractivity contribution in [3.63, 3.8) is 0 Å². The molecule has 0 unspecified atom stereocenters. The molecule has 3 aromatic rings. The Morgan fingerprint density at radius 1 is 1.29 bits per heavy atom. The zero-order valence-electron chi connectivity index (χ0n) is 14.4. The van der Waals surface area contributed by atoms with Gasteiger partial charge in [-0.25, -0.2) is 9.97 Å². The first-order chi connectivity index (χ1) is 10.9. The van der Waals surface area contributed by atoms with E-state index in [-0.39, 0.29) is 18.4 Å². The van der Waals surface area contributed by atoms with Crippen molar-refractivity contribution >= 4 is 40.2 Å². The summed E-state index contributed by atoms with van der Waals surface area (Å²) in [6.07, 6.45) is 4.81. The molecule has 5 nitrogen and oxygen atoms in total. The maximum absolute atomic E-state index is 10.7. The number of pyridine rings is 1. The average Bonchev–Trinajstić information content (AvgIpc) is 2.92. The van der Waals surface area contributed by atoms with Crippen LogP contribution in [0.5, 0.6) is 0 Å². The number of rotatable bonds is 5. The molecule has 0 aliphatic carbocycles. The molecule has 3 N–H and O–H groups in total. The highest BCUT2D eigenvalue weighted by atomic mass is 35.5. The summed E-state index contributed by atoms with van der Waals surface area (Å²) in [5.74, 6) is 0.433. The monoisotopic (exact) mass is 348 g/mol. The fraction of sp³-hybridized carbons (Fsp3) is 0.444. The quantitative estimate of drug-likeness (QED) is 0.728. The third kappa shape index (κ3) is 3.19. The van der Waals surface area contributed by atoms with E-state index in [4.69, 9.17) is 5.73 Å². The lowest BCUT2D eigenvalue weighted by Gasteiger charge is -2.31. The molecule has 0 fully saturated rings. The summed E-state index contributed by atoms with van der Waals surface area (Å²) < 4.78 is 2.07. The van der Waals surface area contributed by atoms with Crippen molar-refractivity contribution in [1.29, 1.82) is 0 Å². The summed E-state index contributed by atoms with van der Waals surface area (Å²) in [7, 11) is 0. The van der Waals surface area contributed by atoms with E-state index in [9.17, 15) is 5.11 Å². The Balaban J connectivity index is 0.00000208. The maximum Gasteiger partial charge on any atom is 0.152 e. The standard InChI is InChI=1S/C18H24N4O.ClH/c1-4-5-10-14(18(2,3)23)22-11-20-15-16(22)12-8-6-7-9-13(12)21-17(15)19;/h6-9,11,14,23H,4-5,10H2,1-3H3,(H2,19,21);1H/t14-;/m1./s1. The van der Waals surface area contributed by atoms with E-state index < -0.39 is 5.60 Å². The molecule has 0 aliphatic heterocycles. The van der Waals surface area contributed by atoms with Crippen molar-refractivity contribution in [3.05, 3.63) is 30.6 Å². The molecule has 0 saturated carbocycles. The van der Waals surface area contributed by atoms with Gasteiger partial charge in [0, 0.05) is 5.39 Å². The fourth-order valence-electron chi connectivity index (χ4n) is 3.24. The van der Waals surface area contributed by atoms with Gasteiger partial charge in [0.05, 0.1) is 29.0 Å². The van der Waals surface area contributed by atoms with Crippen molar-refractivity contribution < 1.29 is 5.11 Å². The van der Waals surface area contributed by atoms with Crippen LogP contribution in [0.4, 0.5) is 5.82 Å². The second kappa shape index (κ2) is 6.95. The average molecular weight is 349 g/mol. The van der Waals surface area contributed by atoms with Crippen molar-refractivity contribution in [2.75, 3.05) is 5.73 Å². The molecule has 0 radical (unpaired) electrons. The molecule has 0 aliphatic rings. The number of aliphatic hydroxyl groups is 1. The summed E-state index contributed by atoms with van der Waals surface area (Å²) in [6.45, 7) is 5.86. The van der Waals surface area contributed by atoms with Gasteiger partial charge in [-0.05, 0) is 26.3 Å². The van der Waals surface area contributed by atoms with Gasteiger partial charge in [-0.15, -0.1) is 12.4 Å². The Morgan fingerprint density at radius 3 is 2.67 bits per heavy atom. The number of nitrogens with two attached hydrogens (primary N) is 1. The molecule has 0 saturated heterocycles. The predicted molar refractivity (Wildman–Crippen MR) is 102 cm³/mol. The first-order valence-corrected chi connectivity index (χ1v) is 8.16. The van der Waals surface area contributed by atoms with Crippen molar-refractivity contribution in [3.8, 4) is 0 Å². The first kappa shape index (κ1) is 18.5. The number of benzene rings is 1. The van der Waals surface area contributed by atoms with E-state index in [1.165, 1.54) is 0 Å². The van der Waals surface area contributed by atoms with E-state index in [0.29, 0.717) is 11.3 Å². The van der Waals surface area contributed by atoms with Gasteiger partial charge in [-0.2, -0.15) is 0 Å². The third-order valence-electron chi connectivity index (χ3n) is 4.42. The SMILES string of the molecule is CCCC[C@@H](n1cnc2c(N)nc3ccccc3c21)C(C)(C)O.Cl. The zero-order valence-corrected chi connectivity index (χ0v) is 15.2. The largest absolute Gasteiger partial charge is 0.388 e. The van der Waals surface area contributed by atoms with Crippen LogP contribution in [-0.2, 0) is 0 Å². The smallest absolute Gasteiger partial charge is 0.152 e. The van der Waals surface area contributed by atoms with Crippen LogP contribution in [0.1, 0.15) is 46.1 Å². The van der Waals surface area contributed by atoms with Crippen LogP contribution in [-0.4, -0.2) is 25.2 Å². The fourth-order valence-corrected chi connectivity index (χ4v) is 3.24. The van der Waals surface area contributed by atoms with Gasteiger partial charge in [0.2, 0.25) is 0 Å². The number of aromatic nitrogens is 3. The highest BCUT2D eigenvalue weighted by Crippen LogP contribution is 2.34. The predicted octanol–water partition coefficient (Wildman–Crippen LogP) is 4.09. The van der Waals surface area contributed by atoms with Crippen molar-refractivity contribution in [2.45, 2.75) is 51.7 Å². The zero-order chi connectivity index (χ0) is 16.6. The van der Waals surface area contributed by atoms with Gasteiger partial charge in [0.25, 0.3) is 0 Å². The normalized spacial score (nSPS) is 13.2. The van der Waals surface area contributed by atoms with E-state index in [1.807, 2.05) is 38.1 Å². The molecular formula is C18H25ClN4O. The Hall–Kier alpha value is -1.85. The molecule has 6 heteroatoms. The molecule has 2 heterocycles. The van der Waals surface area contributed by atoms with Crippen LogP contribution in [0.15, 0.2) is 30.6 Å². The minimum absolute atomic E-state index is 0. The Morgan fingerprint density at radius 2 is 2.00 bits per heavy atom. The number of unbranched alkanes of at least 4 members (excludes halogenated alkanes) is 1. The number of hydrogen-bond donors (Lipinski definition) is 2. The van der Waals surface area contributed by atoms with Gasteiger partial charge >= 0.3 is 0 Å². The molecule has 0 bridgehead atoms. The van der Waals surface area contributed by atoms with Crippen LogP contribution in [0.2, 0.25) is 0 Å². The van der Waals surface area contributed by atoms with Crippen LogP contribution >= 0.6 is 12.4 Å². The van der Waals surface area contributed by atoms with Crippen LogP contribution < -0.4 is 5.73 Å². The number of imidazole rings is 1. The number of halogens is 1. The van der Waals surface area contributed by atoms with E-state index >= 15 is 0 Å². The lowest BCUT2D eigenvalue weighted by molar-refractivity contribution is 0.0201. The molecule has 0 spiro atoms. The molecule has 1 atom stereocenters. The van der Waals surface area contributed by atoms with Crippen molar-refractivity contribution in [1.82, 2.24) is 14.5 Å². The summed E-state index contributed by atoms with van der Waals surface area (Å²) in [5, 5.41) is 11.7. The first-order valence-electron chi connectivity index (χ1n) is 8.16. The minimum atomic E-state index is -0.845. The lowest BCUT2D eigenvalue weighted by Crippen LogP contribution is -2.33. The highest BCUT2D eigenvalue weighted by molar-refractivity contribution is 6.06. The molecule has 24 heavy (non-hydrogen) atoms. The third-order valence-corrected chi connectivity index (χ3v) is 4.42. The molecule has 130 valence electrons. The number of fused-ring (bicyclic) bond motifs is 3. The number of anilines is 1. The molecule has 1 aromatic carbocycles. The Labute approximate surface area is 148 Å². The van der Waals surface area contributed by atoms with Crippen LogP contribution in [0, 0.1) is 0 Å². The number of para-hydroxylation sites is 1.